The molecule has 0 bridgehead atoms. The molecule has 2 aromatic rings. The molecule has 0 atom stereocenters. The lowest BCUT2D eigenvalue weighted by atomic mass is 10.0. The van der Waals surface area contributed by atoms with Crippen LogP contribution < -0.4 is 5.32 Å². The Labute approximate surface area is 114 Å². The number of rotatable bonds is 3. The molecule has 0 spiro atoms. The number of hydrogen-bond donors (Lipinski definition) is 1. The predicted molar refractivity (Wildman–Crippen MR) is 74.9 cm³/mol. The number of carbonyl (C=O) groups is 1. The average Bonchev–Trinajstić information content (AvgIpc) is 2.76. The van der Waals surface area contributed by atoms with Crippen LogP contribution in [0.25, 0.3) is 0 Å². The van der Waals surface area contributed by atoms with Gasteiger partial charge in [-0.2, -0.15) is 0 Å². The molecule has 0 fully saturated rings. The van der Waals surface area contributed by atoms with E-state index in [1.54, 1.807) is 12.1 Å². The van der Waals surface area contributed by atoms with Crippen molar-refractivity contribution in [2.24, 2.45) is 0 Å². The maximum atomic E-state index is 11.9. The van der Waals surface area contributed by atoms with E-state index in [9.17, 15) is 4.79 Å². The van der Waals surface area contributed by atoms with Gasteiger partial charge in [-0.1, -0.05) is 26.0 Å². The number of anilines is 1. The van der Waals surface area contributed by atoms with E-state index in [-0.39, 0.29) is 11.7 Å². The first-order chi connectivity index (χ1) is 8.56. The van der Waals surface area contributed by atoms with Gasteiger partial charge in [0.1, 0.15) is 0 Å². The number of amides is 1. The molecule has 0 aliphatic carbocycles. The Hall–Kier alpha value is -1.55. The minimum atomic E-state index is -0.249. The van der Waals surface area contributed by atoms with Crippen LogP contribution >= 0.6 is 15.9 Å². The van der Waals surface area contributed by atoms with Crippen LogP contribution in [0.1, 0.15) is 35.9 Å². The molecule has 18 heavy (non-hydrogen) atoms. The number of hydrogen-bond acceptors (Lipinski definition) is 2. The van der Waals surface area contributed by atoms with Crippen LogP contribution in [-0.4, -0.2) is 5.91 Å². The predicted octanol–water partition coefficient (Wildman–Crippen LogP) is 4.42. The molecule has 0 radical (unpaired) electrons. The van der Waals surface area contributed by atoms with Gasteiger partial charge in [0.25, 0.3) is 5.91 Å². The van der Waals surface area contributed by atoms with Gasteiger partial charge in [0.2, 0.25) is 0 Å². The van der Waals surface area contributed by atoms with Gasteiger partial charge in [0.05, 0.1) is 0 Å². The van der Waals surface area contributed by atoms with E-state index in [4.69, 9.17) is 4.42 Å². The van der Waals surface area contributed by atoms with Gasteiger partial charge < -0.3 is 9.73 Å². The molecule has 3 nitrogen and oxygen atoms in total. The Balaban J connectivity index is 2.14. The Morgan fingerprint density at radius 3 is 2.67 bits per heavy atom. The molecule has 1 amide bonds. The maximum absolute atomic E-state index is 11.9. The van der Waals surface area contributed by atoms with Gasteiger partial charge in [-0.25, -0.2) is 0 Å². The quantitative estimate of drug-likeness (QED) is 0.912. The van der Waals surface area contributed by atoms with Gasteiger partial charge in [-0.3, -0.25) is 4.79 Å². The number of benzene rings is 1. The second-order valence-corrected chi connectivity index (χ2v) is 5.12. The first-order valence-electron chi connectivity index (χ1n) is 5.73. The number of halogens is 1. The molecule has 0 unspecified atom stereocenters. The fourth-order valence-electron chi connectivity index (χ4n) is 1.60. The molecule has 94 valence electrons. The molecule has 1 heterocycles. The van der Waals surface area contributed by atoms with Gasteiger partial charge in [-0.05, 0) is 51.7 Å². The second kappa shape index (κ2) is 5.40. The second-order valence-electron chi connectivity index (χ2n) is 4.34. The van der Waals surface area contributed by atoms with E-state index in [1.807, 2.05) is 24.3 Å². The lowest BCUT2D eigenvalue weighted by molar-refractivity contribution is 0.0995. The molecule has 0 saturated heterocycles. The van der Waals surface area contributed by atoms with Crippen LogP contribution in [0, 0.1) is 0 Å². The van der Waals surface area contributed by atoms with Crippen LogP contribution in [0.4, 0.5) is 5.69 Å². The van der Waals surface area contributed by atoms with Crippen molar-refractivity contribution in [2.75, 3.05) is 5.32 Å². The summed E-state index contributed by atoms with van der Waals surface area (Å²) >= 11 is 3.17. The van der Waals surface area contributed by atoms with Gasteiger partial charge in [-0.15, -0.1) is 0 Å². The van der Waals surface area contributed by atoms with Crippen LogP contribution in [0.15, 0.2) is 45.5 Å². The molecule has 1 aromatic carbocycles. The van der Waals surface area contributed by atoms with Crippen LogP contribution in [0.5, 0.6) is 0 Å². The van der Waals surface area contributed by atoms with Crippen molar-refractivity contribution in [3.8, 4) is 0 Å². The van der Waals surface area contributed by atoms with E-state index in [2.05, 4.69) is 35.1 Å². The topological polar surface area (TPSA) is 42.2 Å². The third kappa shape index (κ3) is 3.01. The standard InChI is InChI=1S/C14H14BrNO2/c1-9(2)10-4-3-5-11(8-10)16-14(17)12-6-7-13(15)18-12/h3-9H,1-2H3,(H,16,17). The van der Waals surface area contributed by atoms with Crippen molar-refractivity contribution in [1.82, 2.24) is 0 Å². The van der Waals surface area contributed by atoms with Gasteiger partial charge in [0.15, 0.2) is 10.4 Å². The molecule has 4 heteroatoms. The SMILES string of the molecule is CC(C)c1cccc(NC(=O)c2ccc(Br)o2)c1. The fourth-order valence-corrected chi connectivity index (χ4v) is 1.91. The molecule has 0 aliphatic rings. The zero-order valence-electron chi connectivity index (χ0n) is 10.2. The van der Waals surface area contributed by atoms with Gasteiger partial charge >= 0.3 is 0 Å². The molecular weight excluding hydrogens is 294 g/mol. The molecular formula is C14H14BrNO2. The summed E-state index contributed by atoms with van der Waals surface area (Å²) in [5.74, 6) is 0.470. The lowest BCUT2D eigenvalue weighted by Crippen LogP contribution is -2.11. The molecule has 0 saturated carbocycles. The average molecular weight is 308 g/mol. The first kappa shape index (κ1) is 12.9. The van der Waals surface area contributed by atoms with E-state index in [0.717, 1.165) is 5.69 Å². The van der Waals surface area contributed by atoms with E-state index >= 15 is 0 Å². The number of nitrogens with one attached hydrogen (secondary N) is 1. The highest BCUT2D eigenvalue weighted by atomic mass is 79.9. The third-order valence-corrected chi connectivity index (χ3v) is 3.03. The Morgan fingerprint density at radius 1 is 1.28 bits per heavy atom. The fraction of sp³-hybridized carbons (Fsp3) is 0.214. The number of carbonyl (C=O) groups excluding carboxylic acids is 1. The normalized spacial score (nSPS) is 10.7. The Bertz CT molecular complexity index is 560. The van der Waals surface area contributed by atoms with Crippen LogP contribution in [0.2, 0.25) is 0 Å². The summed E-state index contributed by atoms with van der Waals surface area (Å²) in [5, 5.41) is 2.81. The molecule has 2 rings (SSSR count). The maximum Gasteiger partial charge on any atom is 0.291 e. The van der Waals surface area contributed by atoms with Crippen LogP contribution in [0.3, 0.4) is 0 Å². The molecule has 1 aromatic heterocycles. The third-order valence-electron chi connectivity index (χ3n) is 2.61. The van der Waals surface area contributed by atoms with E-state index in [1.165, 1.54) is 5.56 Å². The summed E-state index contributed by atoms with van der Waals surface area (Å²) in [5.41, 5.74) is 1.96. The highest BCUT2D eigenvalue weighted by molar-refractivity contribution is 9.10. The van der Waals surface area contributed by atoms with Crippen molar-refractivity contribution in [2.45, 2.75) is 19.8 Å². The highest BCUT2D eigenvalue weighted by Crippen LogP contribution is 2.20. The Kier molecular flexibility index (Phi) is 3.87. The van der Waals surface area contributed by atoms with Crippen LogP contribution in [-0.2, 0) is 0 Å². The van der Waals surface area contributed by atoms with Crippen molar-refractivity contribution in [1.29, 1.82) is 0 Å². The summed E-state index contributed by atoms with van der Waals surface area (Å²) in [6, 6.07) is 11.1. The zero-order chi connectivity index (χ0) is 13.1. The highest BCUT2D eigenvalue weighted by Gasteiger charge is 2.11. The van der Waals surface area contributed by atoms with Crippen molar-refractivity contribution in [3.63, 3.8) is 0 Å². The van der Waals surface area contributed by atoms with E-state index < -0.39 is 0 Å². The number of furan rings is 1. The summed E-state index contributed by atoms with van der Waals surface area (Å²) < 4.78 is 5.74. The van der Waals surface area contributed by atoms with Gasteiger partial charge in [0, 0.05) is 5.69 Å². The largest absolute Gasteiger partial charge is 0.444 e. The lowest BCUT2D eigenvalue weighted by Gasteiger charge is -2.08. The summed E-state index contributed by atoms with van der Waals surface area (Å²) in [6.07, 6.45) is 0. The smallest absolute Gasteiger partial charge is 0.291 e. The first-order valence-corrected chi connectivity index (χ1v) is 6.52. The minimum Gasteiger partial charge on any atom is -0.444 e. The van der Waals surface area contributed by atoms with Crippen molar-refractivity contribution < 1.29 is 9.21 Å². The minimum absolute atomic E-state index is 0.249. The molecule has 0 aliphatic heterocycles. The summed E-state index contributed by atoms with van der Waals surface area (Å²) in [4.78, 5) is 11.9. The molecule has 1 N–H and O–H groups in total. The summed E-state index contributed by atoms with van der Waals surface area (Å²) in [7, 11) is 0. The van der Waals surface area contributed by atoms with Crippen molar-refractivity contribution >= 4 is 27.5 Å². The monoisotopic (exact) mass is 307 g/mol. The Morgan fingerprint density at radius 2 is 2.06 bits per heavy atom. The summed E-state index contributed by atoms with van der Waals surface area (Å²) in [6.45, 7) is 4.23. The van der Waals surface area contributed by atoms with Crippen molar-refractivity contribution in [3.05, 3.63) is 52.4 Å². The van der Waals surface area contributed by atoms with E-state index in [0.29, 0.717) is 10.6 Å². The zero-order valence-corrected chi connectivity index (χ0v) is 11.8.